The number of carboxylic acid groups (broad SMARTS) is 1. The summed E-state index contributed by atoms with van der Waals surface area (Å²) >= 11 is 0. The van der Waals surface area contributed by atoms with Gasteiger partial charge in [-0.1, -0.05) is 38.1 Å². The summed E-state index contributed by atoms with van der Waals surface area (Å²) in [6.45, 7) is 5.65. The van der Waals surface area contributed by atoms with Crippen molar-refractivity contribution >= 4 is 28.5 Å². The highest BCUT2D eigenvalue weighted by Crippen LogP contribution is 2.28. The number of pyridine rings is 1. The summed E-state index contributed by atoms with van der Waals surface area (Å²) in [6, 6.07) is 14.6. The Morgan fingerprint density at radius 1 is 1.04 bits per heavy atom. The zero-order valence-electron chi connectivity index (χ0n) is 14.9. The van der Waals surface area contributed by atoms with Gasteiger partial charge in [0.1, 0.15) is 0 Å². The number of carboxylic acids is 1. The summed E-state index contributed by atoms with van der Waals surface area (Å²) in [5, 5.41) is 12.8. The summed E-state index contributed by atoms with van der Waals surface area (Å²) in [7, 11) is 0. The van der Waals surface area contributed by atoms with E-state index in [1.807, 2.05) is 24.3 Å². The van der Waals surface area contributed by atoms with Crippen LogP contribution in [0, 0.1) is 0 Å². The maximum atomic E-state index is 11.8. The number of hydrogen-bond acceptors (Lipinski definition) is 3. The first-order valence-corrected chi connectivity index (χ1v) is 8.41. The number of aromatic carboxylic acids is 1. The lowest BCUT2D eigenvalue weighted by atomic mass is 9.99. The van der Waals surface area contributed by atoms with Crippen molar-refractivity contribution in [1.29, 1.82) is 0 Å². The van der Waals surface area contributed by atoms with E-state index in [9.17, 15) is 14.7 Å². The number of carbonyl (C=O) groups excluding carboxylic acids is 1. The Labute approximate surface area is 151 Å². The third kappa shape index (κ3) is 3.57. The van der Waals surface area contributed by atoms with E-state index in [0.717, 1.165) is 5.56 Å². The molecule has 0 saturated carbocycles. The topological polar surface area (TPSA) is 79.3 Å². The van der Waals surface area contributed by atoms with Gasteiger partial charge in [0.2, 0.25) is 5.91 Å². The number of nitrogens with one attached hydrogen (secondary N) is 1. The zero-order chi connectivity index (χ0) is 18.8. The highest BCUT2D eigenvalue weighted by atomic mass is 16.4. The molecule has 0 aliphatic rings. The van der Waals surface area contributed by atoms with Crippen LogP contribution in [-0.4, -0.2) is 22.0 Å². The monoisotopic (exact) mass is 348 g/mol. The van der Waals surface area contributed by atoms with Crippen LogP contribution in [-0.2, 0) is 4.79 Å². The SMILES string of the molecule is CC(=O)Nc1ccc2nc(-c3ccc(C(C)C)cc3)cc(C(=O)O)c2c1. The minimum Gasteiger partial charge on any atom is -0.478 e. The number of rotatable bonds is 4. The molecule has 0 aliphatic carbocycles. The van der Waals surface area contributed by atoms with Gasteiger partial charge >= 0.3 is 5.97 Å². The minimum atomic E-state index is -1.03. The molecule has 132 valence electrons. The Bertz CT molecular complexity index is 992. The number of aromatic nitrogens is 1. The summed E-state index contributed by atoms with van der Waals surface area (Å²) in [6.07, 6.45) is 0. The number of anilines is 1. The van der Waals surface area contributed by atoms with E-state index in [0.29, 0.717) is 28.2 Å². The smallest absolute Gasteiger partial charge is 0.336 e. The summed E-state index contributed by atoms with van der Waals surface area (Å²) < 4.78 is 0. The average molecular weight is 348 g/mol. The van der Waals surface area contributed by atoms with Gasteiger partial charge in [0.15, 0.2) is 0 Å². The lowest BCUT2D eigenvalue weighted by Gasteiger charge is -2.10. The molecule has 1 heterocycles. The van der Waals surface area contributed by atoms with Crippen LogP contribution in [0.25, 0.3) is 22.2 Å². The molecule has 26 heavy (non-hydrogen) atoms. The van der Waals surface area contributed by atoms with Crippen LogP contribution in [0.15, 0.2) is 48.5 Å². The molecule has 3 rings (SSSR count). The molecule has 0 fully saturated rings. The van der Waals surface area contributed by atoms with Gasteiger partial charge in [0.25, 0.3) is 0 Å². The quantitative estimate of drug-likeness (QED) is 0.717. The molecule has 2 N–H and O–H groups in total. The van der Waals surface area contributed by atoms with E-state index < -0.39 is 5.97 Å². The first-order valence-electron chi connectivity index (χ1n) is 8.41. The van der Waals surface area contributed by atoms with E-state index in [1.165, 1.54) is 12.5 Å². The minimum absolute atomic E-state index is 0.158. The average Bonchev–Trinajstić information content (AvgIpc) is 2.60. The summed E-state index contributed by atoms with van der Waals surface area (Å²) in [5.74, 6) is -0.816. The summed E-state index contributed by atoms with van der Waals surface area (Å²) in [5.41, 5.74) is 3.96. The first kappa shape index (κ1) is 17.6. The molecule has 5 heteroatoms. The molecule has 2 aromatic carbocycles. The Hall–Kier alpha value is -3.21. The molecule has 0 aliphatic heterocycles. The van der Waals surface area contributed by atoms with Gasteiger partial charge in [0.05, 0.1) is 16.8 Å². The van der Waals surface area contributed by atoms with Crippen molar-refractivity contribution in [2.24, 2.45) is 0 Å². The largest absolute Gasteiger partial charge is 0.478 e. The van der Waals surface area contributed by atoms with Crippen LogP contribution < -0.4 is 5.32 Å². The Balaban J connectivity index is 2.13. The van der Waals surface area contributed by atoms with Crippen LogP contribution in [0.5, 0.6) is 0 Å². The van der Waals surface area contributed by atoms with Crippen molar-refractivity contribution in [3.05, 3.63) is 59.7 Å². The van der Waals surface area contributed by atoms with E-state index in [4.69, 9.17) is 0 Å². The van der Waals surface area contributed by atoms with Gasteiger partial charge in [-0.25, -0.2) is 9.78 Å². The maximum absolute atomic E-state index is 11.8. The summed E-state index contributed by atoms with van der Waals surface area (Å²) in [4.78, 5) is 27.6. The number of carbonyl (C=O) groups is 2. The molecular weight excluding hydrogens is 328 g/mol. The Morgan fingerprint density at radius 2 is 1.73 bits per heavy atom. The van der Waals surface area contributed by atoms with Crippen LogP contribution in [0.3, 0.4) is 0 Å². The molecule has 0 radical (unpaired) electrons. The molecule has 5 nitrogen and oxygen atoms in total. The third-order valence-corrected chi connectivity index (χ3v) is 4.23. The fourth-order valence-corrected chi connectivity index (χ4v) is 2.87. The van der Waals surface area contributed by atoms with E-state index in [-0.39, 0.29) is 11.5 Å². The predicted octanol–water partition coefficient (Wildman–Crippen LogP) is 4.68. The molecule has 0 atom stereocenters. The van der Waals surface area contributed by atoms with E-state index >= 15 is 0 Å². The molecular formula is C21H20N2O3. The zero-order valence-corrected chi connectivity index (χ0v) is 14.9. The number of benzene rings is 2. The van der Waals surface area contributed by atoms with Crippen molar-refractivity contribution in [1.82, 2.24) is 4.98 Å². The molecule has 0 saturated heterocycles. The fourth-order valence-electron chi connectivity index (χ4n) is 2.87. The van der Waals surface area contributed by atoms with Gasteiger partial charge in [-0.05, 0) is 35.7 Å². The fraction of sp³-hybridized carbons (Fsp3) is 0.190. The van der Waals surface area contributed by atoms with Crippen LogP contribution in [0.2, 0.25) is 0 Å². The number of amides is 1. The van der Waals surface area contributed by atoms with Crippen LogP contribution in [0.4, 0.5) is 5.69 Å². The van der Waals surface area contributed by atoms with Crippen molar-refractivity contribution in [2.45, 2.75) is 26.7 Å². The highest BCUT2D eigenvalue weighted by molar-refractivity contribution is 6.05. The van der Waals surface area contributed by atoms with Crippen LogP contribution >= 0.6 is 0 Å². The second-order valence-electron chi connectivity index (χ2n) is 6.55. The third-order valence-electron chi connectivity index (χ3n) is 4.23. The van der Waals surface area contributed by atoms with Crippen molar-refractivity contribution in [2.75, 3.05) is 5.32 Å². The standard InChI is InChI=1S/C21H20N2O3/c1-12(2)14-4-6-15(7-5-14)20-11-18(21(25)26)17-10-16(22-13(3)24)8-9-19(17)23-20/h4-12H,1-3H3,(H,22,24)(H,25,26). The Kier molecular flexibility index (Phi) is 4.71. The van der Waals surface area contributed by atoms with Gasteiger partial charge in [-0.2, -0.15) is 0 Å². The maximum Gasteiger partial charge on any atom is 0.336 e. The molecule has 1 aromatic heterocycles. The normalized spacial score (nSPS) is 10.9. The van der Waals surface area contributed by atoms with Crippen molar-refractivity contribution in [3.8, 4) is 11.3 Å². The van der Waals surface area contributed by atoms with E-state index in [1.54, 1.807) is 24.3 Å². The predicted molar refractivity (Wildman–Crippen MR) is 103 cm³/mol. The molecule has 0 unspecified atom stereocenters. The molecule has 0 spiro atoms. The highest BCUT2D eigenvalue weighted by Gasteiger charge is 2.14. The molecule has 0 bridgehead atoms. The lowest BCUT2D eigenvalue weighted by Crippen LogP contribution is -2.06. The second kappa shape index (κ2) is 6.96. The van der Waals surface area contributed by atoms with Gasteiger partial charge in [0, 0.05) is 23.6 Å². The Morgan fingerprint density at radius 3 is 2.31 bits per heavy atom. The van der Waals surface area contributed by atoms with Crippen molar-refractivity contribution in [3.63, 3.8) is 0 Å². The molecule has 3 aromatic rings. The lowest BCUT2D eigenvalue weighted by molar-refractivity contribution is -0.114. The second-order valence-corrected chi connectivity index (χ2v) is 6.55. The van der Waals surface area contributed by atoms with Crippen LogP contribution in [0.1, 0.15) is 42.6 Å². The van der Waals surface area contributed by atoms with Crippen molar-refractivity contribution < 1.29 is 14.7 Å². The van der Waals surface area contributed by atoms with Gasteiger partial charge < -0.3 is 10.4 Å². The van der Waals surface area contributed by atoms with Gasteiger partial charge in [-0.3, -0.25) is 4.79 Å². The van der Waals surface area contributed by atoms with Gasteiger partial charge in [-0.15, -0.1) is 0 Å². The van der Waals surface area contributed by atoms with E-state index in [2.05, 4.69) is 24.1 Å². The molecule has 1 amide bonds. The number of fused-ring (bicyclic) bond motifs is 1. The number of hydrogen-bond donors (Lipinski definition) is 2. The first-order chi connectivity index (χ1) is 12.3. The number of nitrogens with zero attached hydrogens (tertiary/aromatic N) is 1.